The molecule has 1 aliphatic heterocycles. The van der Waals surface area contributed by atoms with Crippen molar-refractivity contribution in [2.75, 3.05) is 10.1 Å². The molecule has 3 rings (SSSR count). The van der Waals surface area contributed by atoms with Crippen molar-refractivity contribution in [3.05, 3.63) is 12.4 Å². The molecule has 1 fully saturated rings. The van der Waals surface area contributed by atoms with Crippen LogP contribution in [0.5, 0.6) is 0 Å². The van der Waals surface area contributed by atoms with Gasteiger partial charge in [-0.3, -0.25) is 4.57 Å². The van der Waals surface area contributed by atoms with Crippen molar-refractivity contribution in [2.45, 2.75) is 24.9 Å². The summed E-state index contributed by atoms with van der Waals surface area (Å²) in [7, 11) is 0. The first-order valence-electron chi connectivity index (χ1n) is 5.81. The molecule has 3 atom stereocenters. The maximum Gasteiger partial charge on any atom is 0.312 e. The van der Waals surface area contributed by atoms with E-state index in [9.17, 15) is 8.78 Å². The van der Waals surface area contributed by atoms with Gasteiger partial charge in [0.25, 0.3) is 0 Å². The summed E-state index contributed by atoms with van der Waals surface area (Å²) in [6.45, 7) is -0.270. The molecule has 0 spiro atoms. The average Bonchev–Trinajstić information content (AvgIpc) is 3.00. The van der Waals surface area contributed by atoms with Gasteiger partial charge in [-0.15, -0.1) is 0 Å². The second kappa shape index (κ2) is 5.33. The second-order valence-corrected chi connectivity index (χ2v) is 4.88. The van der Waals surface area contributed by atoms with E-state index < -0.39 is 24.6 Å². The molecular weight excluding hydrogens is 387 g/mol. The maximum atomic E-state index is 14.0. The normalized spacial score (nSPS) is 26.3. The molecule has 0 amide bonds. The molecule has 7 nitrogen and oxygen atoms in total. The molecule has 2 N–H and O–H groups in total. The van der Waals surface area contributed by atoms with E-state index in [2.05, 4.69) is 18.5 Å². The first kappa shape index (κ1) is 13.8. The number of imidazole rings is 1. The molecule has 0 saturated carbocycles. The largest absolute Gasteiger partial charge is 0.394 e. The van der Waals surface area contributed by atoms with Crippen molar-refractivity contribution in [3.8, 4) is 0 Å². The highest BCUT2D eigenvalue weighted by atomic mass is 127. The summed E-state index contributed by atoms with van der Waals surface area (Å²) in [6, 6.07) is 0. The van der Waals surface area contributed by atoms with Crippen LogP contribution in [0.2, 0.25) is 0 Å². The van der Waals surface area contributed by atoms with Gasteiger partial charge in [-0.2, -0.15) is 14.4 Å². The van der Waals surface area contributed by atoms with Gasteiger partial charge in [-0.05, 0) is 0 Å². The lowest BCUT2D eigenvalue weighted by atomic mass is 10.2. The Morgan fingerprint density at radius 3 is 3.00 bits per heavy atom. The van der Waals surface area contributed by atoms with E-state index in [-0.39, 0.29) is 24.5 Å². The minimum Gasteiger partial charge on any atom is -0.394 e. The second-order valence-electron chi connectivity index (χ2n) is 4.34. The zero-order valence-electron chi connectivity index (χ0n) is 10.0. The molecule has 3 heterocycles. The van der Waals surface area contributed by atoms with Gasteiger partial charge in [0.1, 0.15) is 6.17 Å². The van der Waals surface area contributed by atoms with Crippen LogP contribution in [0.25, 0.3) is 11.2 Å². The van der Waals surface area contributed by atoms with Gasteiger partial charge in [0.05, 0.1) is 41.9 Å². The third-order valence-corrected chi connectivity index (χ3v) is 3.60. The van der Waals surface area contributed by atoms with Crippen molar-refractivity contribution in [3.63, 3.8) is 0 Å². The highest BCUT2D eigenvalue weighted by Gasteiger charge is 2.37. The fourth-order valence-electron chi connectivity index (χ4n) is 2.21. The van der Waals surface area contributed by atoms with Crippen LogP contribution in [-0.4, -0.2) is 43.5 Å². The lowest BCUT2D eigenvalue weighted by Crippen LogP contribution is -2.17. The predicted molar refractivity (Wildman–Crippen MR) is 73.4 cm³/mol. The molecule has 3 unspecified atom stereocenters. The summed E-state index contributed by atoms with van der Waals surface area (Å²) in [5.74, 6) is 0.207. The summed E-state index contributed by atoms with van der Waals surface area (Å²) < 4.78 is 36.7. The molecule has 1 aliphatic rings. The van der Waals surface area contributed by atoms with Gasteiger partial charge in [0.15, 0.2) is 23.2 Å². The van der Waals surface area contributed by atoms with Crippen LogP contribution in [0.15, 0.2) is 6.33 Å². The molecule has 2 aromatic rings. The van der Waals surface area contributed by atoms with Gasteiger partial charge in [-0.25, -0.2) is 9.37 Å². The van der Waals surface area contributed by atoms with Crippen molar-refractivity contribution in [1.82, 2.24) is 19.5 Å². The maximum absolute atomic E-state index is 14.0. The highest BCUT2D eigenvalue weighted by Crippen LogP contribution is 2.33. The number of nitrogens with zero attached hydrogens (tertiary/aromatic N) is 4. The monoisotopic (exact) mass is 397 g/mol. The Bertz CT molecular complexity index is 639. The number of fused-ring (bicyclic) bond motifs is 1. The van der Waals surface area contributed by atoms with Crippen LogP contribution in [0.4, 0.5) is 14.6 Å². The number of hydrogen-bond acceptors (Lipinski definition) is 6. The topological polar surface area (TPSA) is 85.1 Å². The van der Waals surface area contributed by atoms with E-state index in [4.69, 9.17) is 9.84 Å². The van der Waals surface area contributed by atoms with Crippen LogP contribution in [0.1, 0.15) is 12.6 Å². The van der Waals surface area contributed by atoms with E-state index in [0.29, 0.717) is 5.52 Å². The van der Waals surface area contributed by atoms with Gasteiger partial charge in [0, 0.05) is 6.42 Å². The van der Waals surface area contributed by atoms with Crippen molar-refractivity contribution in [1.29, 1.82) is 0 Å². The molecule has 0 aromatic carbocycles. The zero-order chi connectivity index (χ0) is 14.3. The van der Waals surface area contributed by atoms with Crippen LogP contribution in [0, 0.1) is 6.08 Å². The van der Waals surface area contributed by atoms with E-state index in [1.807, 2.05) is 0 Å². The SMILES string of the molecule is OCC1CC(F)C(n2cnc3c(NI)nc(F)nc32)O1. The standard InChI is InChI=1S/C10H10F2IN5O2/c11-5-1-4(2-19)20-9(5)18-3-14-6-7(17-13)15-10(12)16-8(6)18/h3-5,9,19H,1-2H2,(H,15,16,17). The predicted octanol–water partition coefficient (Wildman–Crippen LogP) is 1.35. The summed E-state index contributed by atoms with van der Waals surface area (Å²) in [5, 5.41) is 9.03. The fourth-order valence-corrected chi connectivity index (χ4v) is 2.58. The molecule has 0 aliphatic carbocycles. The smallest absolute Gasteiger partial charge is 0.312 e. The first-order chi connectivity index (χ1) is 9.63. The Morgan fingerprint density at radius 1 is 1.55 bits per heavy atom. The lowest BCUT2D eigenvalue weighted by Gasteiger charge is -2.15. The summed E-state index contributed by atoms with van der Waals surface area (Å²) in [4.78, 5) is 11.3. The third kappa shape index (κ3) is 2.20. The number of aliphatic hydroxyl groups is 1. The molecule has 1 saturated heterocycles. The average molecular weight is 397 g/mol. The molecule has 20 heavy (non-hydrogen) atoms. The van der Waals surface area contributed by atoms with Crippen LogP contribution < -0.4 is 3.53 Å². The Hall–Kier alpha value is -1.14. The number of nitrogens with one attached hydrogen (secondary N) is 1. The fraction of sp³-hybridized carbons (Fsp3) is 0.500. The molecular formula is C10H10F2IN5O2. The molecule has 10 heteroatoms. The first-order valence-corrected chi connectivity index (χ1v) is 6.89. The molecule has 108 valence electrons. The van der Waals surface area contributed by atoms with Gasteiger partial charge < -0.3 is 13.4 Å². The minimum atomic E-state index is -1.32. The Morgan fingerprint density at radius 2 is 2.35 bits per heavy atom. The summed E-state index contributed by atoms with van der Waals surface area (Å²) in [6.07, 6.45) is -2.42. The van der Waals surface area contributed by atoms with Gasteiger partial charge in [-0.1, -0.05) is 0 Å². The Kier molecular flexibility index (Phi) is 3.69. The van der Waals surface area contributed by atoms with Crippen molar-refractivity contribution < 1.29 is 18.6 Å². The quantitative estimate of drug-likeness (QED) is 0.462. The Balaban J connectivity index is 2.07. The third-order valence-electron chi connectivity index (χ3n) is 3.09. The van der Waals surface area contributed by atoms with Crippen LogP contribution in [0.3, 0.4) is 0 Å². The highest BCUT2D eigenvalue weighted by molar-refractivity contribution is 14.1. The van der Waals surface area contributed by atoms with E-state index in [1.165, 1.54) is 10.9 Å². The summed E-state index contributed by atoms with van der Waals surface area (Å²) >= 11 is 1.79. The summed E-state index contributed by atoms with van der Waals surface area (Å²) in [5.41, 5.74) is 0.465. The number of hydrogen-bond donors (Lipinski definition) is 2. The Labute approximate surface area is 125 Å². The molecule has 0 bridgehead atoms. The lowest BCUT2D eigenvalue weighted by molar-refractivity contribution is -0.0351. The van der Waals surface area contributed by atoms with Crippen LogP contribution in [-0.2, 0) is 4.74 Å². The zero-order valence-corrected chi connectivity index (χ0v) is 12.2. The number of ether oxygens (including phenoxy) is 1. The number of alkyl halides is 1. The number of rotatable bonds is 3. The van der Waals surface area contributed by atoms with E-state index >= 15 is 0 Å². The number of halogens is 3. The van der Waals surface area contributed by atoms with E-state index in [1.54, 1.807) is 22.9 Å². The van der Waals surface area contributed by atoms with Gasteiger partial charge >= 0.3 is 6.08 Å². The molecule has 2 aromatic heterocycles. The van der Waals surface area contributed by atoms with Crippen molar-refractivity contribution in [2.24, 2.45) is 0 Å². The van der Waals surface area contributed by atoms with Crippen LogP contribution >= 0.6 is 22.9 Å². The minimum absolute atomic E-state index is 0.0752. The number of aromatic nitrogens is 4. The molecule has 0 radical (unpaired) electrons. The van der Waals surface area contributed by atoms with Crippen molar-refractivity contribution >= 4 is 39.8 Å². The van der Waals surface area contributed by atoms with E-state index in [0.717, 1.165) is 0 Å². The number of anilines is 1. The number of aliphatic hydroxyl groups excluding tert-OH is 1. The van der Waals surface area contributed by atoms with Gasteiger partial charge in [0.2, 0.25) is 0 Å².